The molecule has 0 amide bonds. The number of hydrogen-bond acceptors (Lipinski definition) is 2. The molecule has 108 valence electrons. The normalized spacial score (nSPS) is 25.5. The Morgan fingerprint density at radius 2 is 1.95 bits per heavy atom. The molecule has 0 aliphatic heterocycles. The maximum Gasteiger partial charge on any atom is 0.185 e. The lowest BCUT2D eigenvalue weighted by Gasteiger charge is -2.36. The van der Waals surface area contributed by atoms with Crippen molar-refractivity contribution in [3.63, 3.8) is 0 Å². The third-order valence-corrected chi connectivity index (χ3v) is 4.23. The first kappa shape index (κ1) is 16.4. The molecule has 2 nitrogen and oxygen atoms in total. The SMILES string of the molecule is CCC/C=C1/C(=O)C=CC1(CCCC)O[Si](C)(C)C. The molecule has 0 radical (unpaired) electrons. The first-order valence-corrected chi connectivity index (χ1v) is 10.9. The molecular formula is C16H28O2Si. The zero-order valence-electron chi connectivity index (χ0n) is 13.1. The standard InChI is InChI=1S/C16H28O2Si/c1-6-8-10-14-15(17)11-13-16(14,12-9-7-2)18-19(3,4)5/h10-11,13H,6-9,12H2,1-5H3/b14-10-. The van der Waals surface area contributed by atoms with Crippen molar-refractivity contribution < 1.29 is 9.22 Å². The molecule has 1 unspecified atom stereocenters. The zero-order chi connectivity index (χ0) is 14.5. The molecule has 3 heteroatoms. The molecule has 0 saturated carbocycles. The van der Waals surface area contributed by atoms with Crippen LogP contribution in [0.2, 0.25) is 19.6 Å². The molecule has 1 aliphatic rings. The minimum absolute atomic E-state index is 0.141. The minimum atomic E-state index is -1.70. The quantitative estimate of drug-likeness (QED) is 0.502. The van der Waals surface area contributed by atoms with Crippen LogP contribution in [0.15, 0.2) is 23.8 Å². The van der Waals surface area contributed by atoms with Gasteiger partial charge in [-0.3, -0.25) is 4.79 Å². The van der Waals surface area contributed by atoms with Crippen LogP contribution < -0.4 is 0 Å². The maximum atomic E-state index is 12.1. The largest absolute Gasteiger partial charge is 0.405 e. The van der Waals surface area contributed by atoms with Crippen molar-refractivity contribution in [2.75, 3.05) is 0 Å². The molecule has 19 heavy (non-hydrogen) atoms. The summed E-state index contributed by atoms with van der Waals surface area (Å²) in [5.41, 5.74) is 0.442. The number of rotatable bonds is 7. The predicted octanol–water partition coefficient (Wildman–Crippen LogP) is 4.63. The fourth-order valence-electron chi connectivity index (χ4n) is 2.50. The van der Waals surface area contributed by atoms with Crippen LogP contribution in [0.1, 0.15) is 46.0 Å². The second-order valence-corrected chi connectivity index (χ2v) is 10.7. The zero-order valence-corrected chi connectivity index (χ0v) is 14.1. The number of allylic oxidation sites excluding steroid dienone is 2. The van der Waals surface area contributed by atoms with Crippen LogP contribution in [-0.2, 0) is 9.22 Å². The third kappa shape index (κ3) is 4.43. The molecule has 0 heterocycles. The van der Waals surface area contributed by atoms with Crippen LogP contribution in [0.4, 0.5) is 0 Å². The summed E-state index contributed by atoms with van der Waals surface area (Å²) in [7, 11) is -1.70. The summed E-state index contributed by atoms with van der Waals surface area (Å²) in [6, 6.07) is 0. The van der Waals surface area contributed by atoms with Crippen LogP contribution >= 0.6 is 0 Å². The van der Waals surface area contributed by atoms with Gasteiger partial charge in [0.25, 0.3) is 0 Å². The minimum Gasteiger partial charge on any atom is -0.405 e. The number of hydrogen-bond donors (Lipinski definition) is 0. The van der Waals surface area contributed by atoms with Gasteiger partial charge in [-0.05, 0) is 44.6 Å². The molecule has 1 rings (SSSR count). The Labute approximate surface area is 119 Å². The van der Waals surface area contributed by atoms with E-state index in [1.807, 2.05) is 6.08 Å². The van der Waals surface area contributed by atoms with Gasteiger partial charge in [0, 0.05) is 5.57 Å². The van der Waals surface area contributed by atoms with Gasteiger partial charge in [0.15, 0.2) is 14.1 Å². The molecule has 0 aromatic heterocycles. The van der Waals surface area contributed by atoms with E-state index < -0.39 is 13.9 Å². The third-order valence-electron chi connectivity index (χ3n) is 3.25. The van der Waals surface area contributed by atoms with E-state index in [2.05, 4.69) is 39.6 Å². The Kier molecular flexibility index (Phi) is 5.75. The van der Waals surface area contributed by atoms with Gasteiger partial charge in [0.1, 0.15) is 5.60 Å². The van der Waals surface area contributed by atoms with Crippen LogP contribution in [0.3, 0.4) is 0 Å². The molecule has 0 fully saturated rings. The van der Waals surface area contributed by atoms with Crippen molar-refractivity contribution in [1.82, 2.24) is 0 Å². The van der Waals surface area contributed by atoms with Gasteiger partial charge in [0.05, 0.1) is 0 Å². The van der Waals surface area contributed by atoms with Crippen molar-refractivity contribution in [2.45, 2.75) is 71.2 Å². The number of unbranched alkanes of at least 4 members (excludes halogenated alkanes) is 2. The van der Waals surface area contributed by atoms with Crippen molar-refractivity contribution >= 4 is 14.1 Å². The van der Waals surface area contributed by atoms with E-state index in [1.165, 1.54) is 0 Å². The lowest BCUT2D eigenvalue weighted by atomic mass is 9.90. The summed E-state index contributed by atoms with van der Waals surface area (Å²) >= 11 is 0. The van der Waals surface area contributed by atoms with Crippen LogP contribution in [-0.4, -0.2) is 19.7 Å². The highest BCUT2D eigenvalue weighted by Gasteiger charge is 2.42. The Morgan fingerprint density at radius 1 is 1.26 bits per heavy atom. The van der Waals surface area contributed by atoms with E-state index in [1.54, 1.807) is 6.08 Å². The van der Waals surface area contributed by atoms with E-state index >= 15 is 0 Å². The molecule has 0 bridgehead atoms. The van der Waals surface area contributed by atoms with E-state index in [9.17, 15) is 4.79 Å². The maximum absolute atomic E-state index is 12.1. The average Bonchev–Trinajstić information content (AvgIpc) is 2.60. The van der Waals surface area contributed by atoms with E-state index in [4.69, 9.17) is 4.43 Å². The van der Waals surface area contributed by atoms with Crippen molar-refractivity contribution in [3.05, 3.63) is 23.8 Å². The first-order valence-electron chi connectivity index (χ1n) is 7.49. The van der Waals surface area contributed by atoms with Gasteiger partial charge >= 0.3 is 0 Å². The lowest BCUT2D eigenvalue weighted by Crippen LogP contribution is -2.42. The summed E-state index contributed by atoms with van der Waals surface area (Å²) in [6.07, 6.45) is 11.0. The highest BCUT2D eigenvalue weighted by Crippen LogP contribution is 2.38. The summed E-state index contributed by atoms with van der Waals surface area (Å²) in [5.74, 6) is 0.141. The van der Waals surface area contributed by atoms with Crippen LogP contribution in [0.5, 0.6) is 0 Å². The average molecular weight is 280 g/mol. The van der Waals surface area contributed by atoms with Gasteiger partial charge in [0.2, 0.25) is 0 Å². The second kappa shape index (κ2) is 6.66. The monoisotopic (exact) mass is 280 g/mol. The van der Waals surface area contributed by atoms with Crippen molar-refractivity contribution in [2.24, 2.45) is 0 Å². The van der Waals surface area contributed by atoms with Gasteiger partial charge in [-0.15, -0.1) is 0 Å². The highest BCUT2D eigenvalue weighted by molar-refractivity contribution is 6.70. The Bertz CT molecular complexity index is 377. The van der Waals surface area contributed by atoms with Crippen molar-refractivity contribution in [1.29, 1.82) is 0 Å². The molecule has 0 N–H and O–H groups in total. The number of carbonyl (C=O) groups excluding carboxylic acids is 1. The summed E-state index contributed by atoms with van der Waals surface area (Å²) in [6.45, 7) is 10.9. The summed E-state index contributed by atoms with van der Waals surface area (Å²) in [4.78, 5) is 12.1. The molecular weight excluding hydrogens is 252 g/mol. The fourth-order valence-corrected chi connectivity index (χ4v) is 3.88. The van der Waals surface area contributed by atoms with E-state index in [0.29, 0.717) is 0 Å². The second-order valence-electron chi connectivity index (χ2n) is 6.31. The molecule has 0 aromatic rings. The van der Waals surface area contributed by atoms with Gasteiger partial charge in [-0.25, -0.2) is 0 Å². The predicted molar refractivity (Wildman–Crippen MR) is 83.8 cm³/mol. The molecule has 0 saturated heterocycles. The van der Waals surface area contributed by atoms with E-state index in [0.717, 1.165) is 37.7 Å². The summed E-state index contributed by atoms with van der Waals surface area (Å²) in [5, 5.41) is 0. The van der Waals surface area contributed by atoms with Crippen LogP contribution in [0, 0.1) is 0 Å². The molecule has 1 aliphatic carbocycles. The Morgan fingerprint density at radius 3 is 2.47 bits per heavy atom. The van der Waals surface area contributed by atoms with Crippen LogP contribution in [0.25, 0.3) is 0 Å². The summed E-state index contributed by atoms with van der Waals surface area (Å²) < 4.78 is 6.43. The molecule has 0 aromatic carbocycles. The lowest BCUT2D eigenvalue weighted by molar-refractivity contribution is -0.112. The van der Waals surface area contributed by atoms with Crippen molar-refractivity contribution in [3.8, 4) is 0 Å². The van der Waals surface area contributed by atoms with Gasteiger partial charge in [-0.1, -0.05) is 39.2 Å². The Balaban J connectivity index is 3.06. The van der Waals surface area contributed by atoms with E-state index in [-0.39, 0.29) is 5.78 Å². The van der Waals surface area contributed by atoms with Gasteiger partial charge in [-0.2, -0.15) is 0 Å². The molecule has 1 atom stereocenters. The first-order chi connectivity index (χ1) is 8.84. The Hall–Kier alpha value is -0.673. The smallest absolute Gasteiger partial charge is 0.185 e. The topological polar surface area (TPSA) is 26.3 Å². The fraction of sp³-hybridized carbons (Fsp3) is 0.688. The number of ketones is 1. The highest BCUT2D eigenvalue weighted by atomic mass is 28.4. The van der Waals surface area contributed by atoms with Gasteiger partial charge < -0.3 is 4.43 Å². The number of carbonyl (C=O) groups is 1. The molecule has 0 spiro atoms.